The van der Waals surface area contributed by atoms with E-state index in [-0.39, 0.29) is 11.4 Å². The fraction of sp³-hybridized carbons (Fsp3) is 0.222. The van der Waals surface area contributed by atoms with Gasteiger partial charge in [0, 0.05) is 0 Å². The quantitative estimate of drug-likeness (QED) is 0.721. The minimum absolute atomic E-state index is 0.00819. The van der Waals surface area contributed by atoms with Crippen LogP contribution in [-0.2, 0) is 9.84 Å². The molecule has 5 heteroatoms. The average molecular weight is 215 g/mol. The Hall–Kier alpha value is -1.23. The lowest BCUT2D eigenvalue weighted by Gasteiger charge is -2.00. The van der Waals surface area contributed by atoms with Crippen molar-refractivity contribution in [3.63, 3.8) is 0 Å². The maximum atomic E-state index is 11.5. The van der Waals surface area contributed by atoms with Crippen molar-refractivity contribution in [2.45, 2.75) is 11.8 Å². The minimum Gasteiger partial charge on any atom is -0.248 e. The van der Waals surface area contributed by atoms with Crippen molar-refractivity contribution in [2.24, 2.45) is 4.99 Å². The molecule has 76 valence electrons. The van der Waals surface area contributed by atoms with Crippen molar-refractivity contribution in [3.05, 3.63) is 29.8 Å². The number of aryl methyl sites for hydroxylation is 1. The monoisotopic (exact) mass is 215 g/mol. The Morgan fingerprint density at radius 3 is 2.43 bits per heavy atom. The van der Waals surface area contributed by atoms with E-state index in [2.05, 4.69) is 4.99 Å². The molecular weight excluding hydrogens is 205 g/mol. The maximum Gasteiger partial charge on any atom is 0.198 e. The van der Waals surface area contributed by atoms with Gasteiger partial charge in [0.1, 0.15) is 5.88 Å². The third kappa shape index (κ3) is 2.63. The summed E-state index contributed by atoms with van der Waals surface area (Å²) in [6, 6.07) is 6.34. The third-order valence-corrected chi connectivity index (χ3v) is 3.17. The SMILES string of the molecule is Cc1ccc(S(=O)(=O)C/N=C\F)cc1. The number of sulfone groups is 1. The summed E-state index contributed by atoms with van der Waals surface area (Å²) in [6.07, 6.45) is 0. The standard InChI is InChI=1S/C9H10FNO2S/c1-8-2-4-9(5-3-8)14(12,13)7-11-6-10/h2-6H,7H2,1H3/b11-6-. The molecule has 0 aliphatic carbocycles. The molecule has 14 heavy (non-hydrogen) atoms. The summed E-state index contributed by atoms with van der Waals surface area (Å²) in [7, 11) is -3.48. The van der Waals surface area contributed by atoms with Gasteiger partial charge in [-0.1, -0.05) is 17.7 Å². The smallest absolute Gasteiger partial charge is 0.198 e. The topological polar surface area (TPSA) is 46.5 Å². The highest BCUT2D eigenvalue weighted by atomic mass is 32.2. The van der Waals surface area contributed by atoms with E-state index in [4.69, 9.17) is 0 Å². The Labute approximate surface area is 82.2 Å². The lowest BCUT2D eigenvalue weighted by molar-refractivity contribution is 0.596. The second-order valence-electron chi connectivity index (χ2n) is 2.84. The van der Waals surface area contributed by atoms with Gasteiger partial charge in [0.2, 0.25) is 0 Å². The molecule has 0 radical (unpaired) electrons. The second kappa shape index (κ2) is 4.32. The van der Waals surface area contributed by atoms with Gasteiger partial charge in [0.25, 0.3) is 0 Å². The molecule has 0 aliphatic heterocycles. The molecule has 0 spiro atoms. The van der Waals surface area contributed by atoms with Gasteiger partial charge in [-0.15, -0.1) is 0 Å². The first kappa shape index (κ1) is 10.8. The van der Waals surface area contributed by atoms with Crippen LogP contribution in [0.5, 0.6) is 0 Å². The fourth-order valence-corrected chi connectivity index (χ4v) is 1.90. The lowest BCUT2D eigenvalue weighted by atomic mass is 10.2. The Kier molecular flexibility index (Phi) is 3.35. The molecule has 0 saturated carbocycles. The van der Waals surface area contributed by atoms with Crippen LogP contribution in [0.4, 0.5) is 4.39 Å². The molecule has 0 aromatic heterocycles. The van der Waals surface area contributed by atoms with E-state index in [1.807, 2.05) is 6.92 Å². The molecule has 0 aliphatic rings. The van der Waals surface area contributed by atoms with E-state index in [9.17, 15) is 12.8 Å². The van der Waals surface area contributed by atoms with Crippen LogP contribution < -0.4 is 0 Å². The summed E-state index contributed by atoms with van der Waals surface area (Å²) in [5.74, 6) is -0.549. The van der Waals surface area contributed by atoms with Crippen molar-refractivity contribution in [1.29, 1.82) is 0 Å². The number of hydrogen-bond acceptors (Lipinski definition) is 3. The zero-order valence-corrected chi connectivity index (χ0v) is 8.46. The minimum atomic E-state index is -3.48. The molecule has 0 atom stereocenters. The Morgan fingerprint density at radius 2 is 1.93 bits per heavy atom. The van der Waals surface area contributed by atoms with Crippen LogP contribution in [0.3, 0.4) is 0 Å². The van der Waals surface area contributed by atoms with E-state index in [0.717, 1.165) is 5.56 Å². The van der Waals surface area contributed by atoms with Crippen LogP contribution in [0.2, 0.25) is 0 Å². The number of nitrogens with zero attached hydrogens (tertiary/aromatic N) is 1. The third-order valence-electron chi connectivity index (χ3n) is 1.69. The lowest BCUT2D eigenvalue weighted by Crippen LogP contribution is -2.04. The first-order valence-corrected chi connectivity index (χ1v) is 5.59. The number of rotatable bonds is 3. The zero-order valence-electron chi connectivity index (χ0n) is 7.64. The normalized spacial score (nSPS) is 12.1. The van der Waals surface area contributed by atoms with E-state index in [1.165, 1.54) is 12.1 Å². The Balaban J connectivity index is 2.99. The first-order valence-electron chi connectivity index (χ1n) is 3.94. The number of halogens is 1. The molecule has 0 bridgehead atoms. The van der Waals surface area contributed by atoms with Crippen LogP contribution >= 0.6 is 0 Å². The molecule has 3 nitrogen and oxygen atoms in total. The second-order valence-corrected chi connectivity index (χ2v) is 4.80. The van der Waals surface area contributed by atoms with Crippen molar-refractivity contribution in [1.82, 2.24) is 0 Å². The van der Waals surface area contributed by atoms with E-state index < -0.39 is 15.7 Å². The highest BCUT2D eigenvalue weighted by Gasteiger charge is 2.12. The van der Waals surface area contributed by atoms with Gasteiger partial charge in [0.05, 0.1) is 4.90 Å². The Bertz CT molecular complexity index is 423. The highest BCUT2D eigenvalue weighted by Crippen LogP contribution is 2.11. The summed E-state index contributed by atoms with van der Waals surface area (Å²) in [6.45, 7) is 1.85. The highest BCUT2D eigenvalue weighted by molar-refractivity contribution is 7.91. The molecule has 0 unspecified atom stereocenters. The molecular formula is C9H10FNO2S. The van der Waals surface area contributed by atoms with Gasteiger partial charge in [-0.25, -0.2) is 13.4 Å². The molecule has 1 aromatic rings. The fourth-order valence-electron chi connectivity index (χ4n) is 0.946. The van der Waals surface area contributed by atoms with Gasteiger partial charge in [-0.05, 0) is 19.1 Å². The van der Waals surface area contributed by atoms with E-state index in [1.54, 1.807) is 12.1 Å². The summed E-state index contributed by atoms with van der Waals surface area (Å²) in [5.41, 5.74) is 0.970. The van der Waals surface area contributed by atoms with Gasteiger partial charge >= 0.3 is 0 Å². The van der Waals surface area contributed by atoms with E-state index >= 15 is 0 Å². The summed E-state index contributed by atoms with van der Waals surface area (Å²) < 4.78 is 34.4. The molecule has 0 saturated heterocycles. The van der Waals surface area contributed by atoms with Crippen LogP contribution in [0.25, 0.3) is 0 Å². The van der Waals surface area contributed by atoms with Gasteiger partial charge in [0.15, 0.2) is 16.3 Å². The van der Waals surface area contributed by atoms with Crippen LogP contribution in [-0.4, -0.2) is 20.8 Å². The summed E-state index contributed by atoms with van der Waals surface area (Å²) in [5, 5.41) is 0. The maximum absolute atomic E-state index is 11.5. The molecule has 1 aromatic carbocycles. The molecule has 0 N–H and O–H groups in total. The molecule has 0 fully saturated rings. The molecule has 0 amide bonds. The molecule has 1 rings (SSSR count). The van der Waals surface area contributed by atoms with E-state index in [0.29, 0.717) is 0 Å². The van der Waals surface area contributed by atoms with Crippen molar-refractivity contribution in [3.8, 4) is 0 Å². The average Bonchev–Trinajstić information content (AvgIpc) is 2.16. The van der Waals surface area contributed by atoms with Gasteiger partial charge < -0.3 is 0 Å². The first-order chi connectivity index (χ1) is 6.56. The zero-order chi connectivity index (χ0) is 10.6. The number of aliphatic imine (C=N–C) groups is 1. The molecule has 0 heterocycles. The predicted molar refractivity (Wildman–Crippen MR) is 52.8 cm³/mol. The number of benzene rings is 1. The van der Waals surface area contributed by atoms with Crippen LogP contribution in [0.15, 0.2) is 34.2 Å². The Morgan fingerprint density at radius 1 is 1.36 bits per heavy atom. The van der Waals surface area contributed by atoms with Gasteiger partial charge in [-0.2, -0.15) is 4.39 Å². The largest absolute Gasteiger partial charge is 0.248 e. The summed E-state index contributed by atoms with van der Waals surface area (Å²) >= 11 is 0. The van der Waals surface area contributed by atoms with Crippen molar-refractivity contribution >= 4 is 16.3 Å². The van der Waals surface area contributed by atoms with Crippen LogP contribution in [0.1, 0.15) is 5.56 Å². The summed E-state index contributed by atoms with van der Waals surface area (Å²) in [4.78, 5) is 3.22. The van der Waals surface area contributed by atoms with Crippen molar-refractivity contribution in [2.75, 3.05) is 5.88 Å². The van der Waals surface area contributed by atoms with Gasteiger partial charge in [-0.3, -0.25) is 0 Å². The number of hydrogen-bond donors (Lipinski definition) is 0. The van der Waals surface area contributed by atoms with Crippen LogP contribution in [0, 0.1) is 6.92 Å². The predicted octanol–water partition coefficient (Wildman–Crippen LogP) is 1.72. The van der Waals surface area contributed by atoms with Crippen molar-refractivity contribution < 1.29 is 12.8 Å².